The molecule has 0 aliphatic heterocycles. The van der Waals surface area contributed by atoms with Crippen molar-refractivity contribution in [3.8, 4) is 17.1 Å². The van der Waals surface area contributed by atoms with Crippen LogP contribution in [0.1, 0.15) is 40.6 Å². The van der Waals surface area contributed by atoms with E-state index in [0.29, 0.717) is 28.1 Å². The topological polar surface area (TPSA) is 86.1 Å². The van der Waals surface area contributed by atoms with E-state index in [2.05, 4.69) is 31.4 Å². The third-order valence-corrected chi connectivity index (χ3v) is 8.58. The van der Waals surface area contributed by atoms with E-state index in [1.807, 2.05) is 59.2 Å². The third-order valence-electron chi connectivity index (χ3n) is 5.94. The highest BCUT2D eigenvalue weighted by molar-refractivity contribution is 9.10. The van der Waals surface area contributed by atoms with Crippen LogP contribution in [0.25, 0.3) is 17.1 Å². The van der Waals surface area contributed by atoms with E-state index in [1.165, 1.54) is 28.0 Å². The van der Waals surface area contributed by atoms with Crippen molar-refractivity contribution in [2.45, 2.75) is 37.8 Å². The number of aryl methyl sites for hydroxylation is 1. The van der Waals surface area contributed by atoms with Gasteiger partial charge in [0.05, 0.1) is 12.2 Å². The molecule has 1 N–H and O–H groups in total. The molecule has 1 amide bonds. The molecule has 0 saturated carbocycles. The summed E-state index contributed by atoms with van der Waals surface area (Å²) in [6.07, 6.45) is 3.08. The van der Waals surface area contributed by atoms with Crippen molar-refractivity contribution in [3.05, 3.63) is 75.1 Å². The average Bonchev–Trinajstić information content (AvgIpc) is 3.59. The molecule has 0 fully saturated rings. The molecule has 0 spiro atoms. The van der Waals surface area contributed by atoms with Crippen LogP contribution >= 0.6 is 39.0 Å². The summed E-state index contributed by atoms with van der Waals surface area (Å²) in [4.78, 5) is 26.6. The summed E-state index contributed by atoms with van der Waals surface area (Å²) in [5.41, 5.74) is 3.45. The van der Waals surface area contributed by atoms with Gasteiger partial charge in [0.25, 0.3) is 0 Å². The van der Waals surface area contributed by atoms with Crippen LogP contribution in [0.2, 0.25) is 0 Å². The number of nitrogens with one attached hydrogen (secondary N) is 1. The van der Waals surface area contributed by atoms with Crippen molar-refractivity contribution in [3.63, 3.8) is 0 Å². The highest BCUT2D eigenvalue weighted by atomic mass is 79.9. The van der Waals surface area contributed by atoms with Crippen molar-refractivity contribution >= 4 is 55.9 Å². The Morgan fingerprint density at radius 1 is 1.14 bits per heavy atom. The molecule has 0 bridgehead atoms. The molecule has 7 nitrogen and oxygen atoms in total. The van der Waals surface area contributed by atoms with E-state index in [4.69, 9.17) is 4.74 Å². The van der Waals surface area contributed by atoms with Gasteiger partial charge in [-0.25, -0.2) is 4.79 Å². The van der Waals surface area contributed by atoms with Crippen LogP contribution in [0.5, 0.6) is 0 Å². The van der Waals surface area contributed by atoms with Gasteiger partial charge in [-0.15, -0.1) is 21.5 Å². The number of rotatable bonds is 9. The number of anilines is 1. The fraction of sp³-hybridized carbons (Fsp3) is 0.259. The van der Waals surface area contributed by atoms with Gasteiger partial charge in [0, 0.05) is 32.8 Å². The number of benzene rings is 2. The minimum absolute atomic E-state index is 0.143. The van der Waals surface area contributed by atoms with Crippen LogP contribution in [0, 0.1) is 0 Å². The number of amides is 1. The number of para-hydroxylation sites is 1. The SMILES string of the molecule is CCOC(=O)c1c(NC(=O)CCSc2nnc(-c3cccc(Br)c3)n2-c2ccccc2)sc2c1CCC2. The lowest BCUT2D eigenvalue weighted by atomic mass is 10.1. The number of nitrogens with zero attached hydrogens (tertiary/aromatic N) is 3. The number of thiophene rings is 1. The van der Waals surface area contributed by atoms with Gasteiger partial charge in [0.1, 0.15) is 5.00 Å². The van der Waals surface area contributed by atoms with Crippen molar-refractivity contribution in [1.82, 2.24) is 14.8 Å². The maximum atomic E-state index is 12.9. The number of esters is 1. The predicted molar refractivity (Wildman–Crippen MR) is 151 cm³/mol. The van der Waals surface area contributed by atoms with Gasteiger partial charge in [-0.1, -0.05) is 58.0 Å². The maximum Gasteiger partial charge on any atom is 0.341 e. The average molecular weight is 598 g/mol. The molecular formula is C27H25BrN4O3S2. The molecule has 1 aliphatic rings. The molecule has 0 saturated heterocycles. The van der Waals surface area contributed by atoms with Crippen molar-refractivity contribution in [1.29, 1.82) is 0 Å². The fourth-order valence-corrected chi connectivity index (χ4v) is 6.91. The Kier molecular flexibility index (Phi) is 8.07. The van der Waals surface area contributed by atoms with Crippen LogP contribution in [0.3, 0.4) is 0 Å². The predicted octanol–water partition coefficient (Wildman–Crippen LogP) is 6.54. The number of carbonyl (C=O) groups excluding carboxylic acids is 2. The van der Waals surface area contributed by atoms with Gasteiger partial charge >= 0.3 is 5.97 Å². The minimum atomic E-state index is -0.359. The Morgan fingerprint density at radius 2 is 1.97 bits per heavy atom. The van der Waals surface area contributed by atoms with Crippen molar-refractivity contribution in [2.75, 3.05) is 17.7 Å². The van der Waals surface area contributed by atoms with Crippen LogP contribution in [-0.2, 0) is 22.4 Å². The zero-order valence-corrected chi connectivity index (χ0v) is 23.4. The number of halogens is 1. The highest BCUT2D eigenvalue weighted by Crippen LogP contribution is 2.39. The van der Waals surface area contributed by atoms with Crippen LogP contribution in [0.15, 0.2) is 64.2 Å². The zero-order chi connectivity index (χ0) is 25.8. The highest BCUT2D eigenvalue weighted by Gasteiger charge is 2.28. The first kappa shape index (κ1) is 25.7. The quantitative estimate of drug-likeness (QED) is 0.174. The van der Waals surface area contributed by atoms with Crippen molar-refractivity contribution < 1.29 is 14.3 Å². The van der Waals surface area contributed by atoms with E-state index < -0.39 is 0 Å². The van der Waals surface area contributed by atoms with Crippen LogP contribution in [0.4, 0.5) is 5.00 Å². The number of hydrogen-bond acceptors (Lipinski definition) is 7. The lowest BCUT2D eigenvalue weighted by molar-refractivity contribution is -0.115. The van der Waals surface area contributed by atoms with Gasteiger partial charge < -0.3 is 10.1 Å². The molecule has 0 atom stereocenters. The Morgan fingerprint density at radius 3 is 2.76 bits per heavy atom. The Balaban J connectivity index is 1.31. The summed E-state index contributed by atoms with van der Waals surface area (Å²) in [6.45, 7) is 2.09. The lowest BCUT2D eigenvalue weighted by Crippen LogP contribution is -2.15. The van der Waals surface area contributed by atoms with E-state index in [0.717, 1.165) is 46.4 Å². The molecule has 4 aromatic rings. The van der Waals surface area contributed by atoms with Gasteiger partial charge in [-0.2, -0.15) is 0 Å². The normalized spacial score (nSPS) is 12.4. The molecule has 37 heavy (non-hydrogen) atoms. The molecule has 2 aromatic heterocycles. The molecular weight excluding hydrogens is 572 g/mol. The van der Waals surface area contributed by atoms with Crippen LogP contribution < -0.4 is 5.32 Å². The van der Waals surface area contributed by atoms with E-state index in [1.54, 1.807) is 6.92 Å². The van der Waals surface area contributed by atoms with Gasteiger partial charge in [-0.3, -0.25) is 9.36 Å². The van der Waals surface area contributed by atoms with E-state index >= 15 is 0 Å². The third kappa shape index (κ3) is 5.66. The monoisotopic (exact) mass is 596 g/mol. The van der Waals surface area contributed by atoms with Gasteiger partial charge in [-0.05, 0) is 56.0 Å². The first-order valence-corrected chi connectivity index (χ1v) is 14.7. The Labute approximate surface area is 231 Å². The number of aromatic nitrogens is 3. The number of fused-ring (bicyclic) bond motifs is 1. The molecule has 5 rings (SSSR count). The summed E-state index contributed by atoms with van der Waals surface area (Å²) in [5, 5.41) is 13.2. The van der Waals surface area contributed by atoms with E-state index in [9.17, 15) is 9.59 Å². The maximum absolute atomic E-state index is 12.9. The first-order valence-electron chi connectivity index (χ1n) is 12.1. The summed E-state index contributed by atoms with van der Waals surface area (Å²) < 4.78 is 8.23. The molecule has 190 valence electrons. The largest absolute Gasteiger partial charge is 0.462 e. The molecule has 2 aromatic carbocycles. The summed E-state index contributed by atoms with van der Waals surface area (Å²) in [6, 6.07) is 17.9. The smallest absolute Gasteiger partial charge is 0.341 e. The second kappa shape index (κ2) is 11.6. The summed E-state index contributed by atoms with van der Waals surface area (Å²) >= 11 is 6.50. The summed E-state index contributed by atoms with van der Waals surface area (Å²) in [5.74, 6) is 0.736. The number of hydrogen-bond donors (Lipinski definition) is 1. The molecule has 1 aliphatic carbocycles. The molecule has 2 heterocycles. The van der Waals surface area contributed by atoms with Gasteiger partial charge in [0.15, 0.2) is 11.0 Å². The second-order valence-corrected chi connectivity index (χ2v) is 11.5. The van der Waals surface area contributed by atoms with Crippen LogP contribution in [-0.4, -0.2) is 39.0 Å². The van der Waals surface area contributed by atoms with Crippen molar-refractivity contribution in [2.24, 2.45) is 0 Å². The number of carbonyl (C=O) groups is 2. The summed E-state index contributed by atoms with van der Waals surface area (Å²) in [7, 11) is 0. The first-order chi connectivity index (χ1) is 18.0. The number of thioether (sulfide) groups is 1. The number of ether oxygens (including phenoxy) is 1. The van der Waals surface area contributed by atoms with Gasteiger partial charge in [0.2, 0.25) is 5.91 Å². The molecule has 10 heteroatoms. The molecule has 0 unspecified atom stereocenters. The zero-order valence-electron chi connectivity index (χ0n) is 20.2. The minimum Gasteiger partial charge on any atom is -0.462 e. The second-order valence-electron chi connectivity index (χ2n) is 8.42. The Bertz CT molecular complexity index is 1430. The van der Waals surface area contributed by atoms with E-state index in [-0.39, 0.29) is 18.3 Å². The standard InChI is InChI=1S/C27H25BrN4O3S2/c1-2-35-26(34)23-20-12-7-13-21(20)37-25(23)29-22(33)14-15-36-27-31-30-24(17-8-6-9-18(28)16-17)32(27)19-10-4-3-5-11-19/h3-6,8-11,16H,2,7,12-15H2,1H3,(H,29,33). The molecule has 0 radical (unpaired) electrons. The lowest BCUT2D eigenvalue weighted by Gasteiger charge is -2.11. The Hall–Kier alpha value is -2.95. The fourth-order valence-electron chi connectivity index (χ4n) is 4.32.